The Balaban J connectivity index is 1.85. The van der Waals surface area contributed by atoms with Gasteiger partial charge in [-0.15, -0.1) is 0 Å². The lowest BCUT2D eigenvalue weighted by molar-refractivity contribution is -0.116. The van der Waals surface area contributed by atoms with Crippen molar-refractivity contribution in [2.45, 2.75) is 20.4 Å². The fraction of sp³-hybridized carbons (Fsp3) is 0.176. The molecule has 0 saturated carbocycles. The molecule has 23 heavy (non-hydrogen) atoms. The predicted molar refractivity (Wildman–Crippen MR) is 88.3 cm³/mol. The number of aryl methyl sites for hydroxylation is 2. The van der Waals surface area contributed by atoms with E-state index in [1.165, 1.54) is 10.9 Å². The summed E-state index contributed by atoms with van der Waals surface area (Å²) in [4.78, 5) is 32.9. The van der Waals surface area contributed by atoms with Crippen LogP contribution in [0.1, 0.15) is 11.1 Å². The van der Waals surface area contributed by atoms with Crippen LogP contribution in [-0.2, 0) is 11.3 Å². The first-order chi connectivity index (χ1) is 11.0. The second-order valence-electron chi connectivity index (χ2n) is 5.42. The van der Waals surface area contributed by atoms with Crippen LogP contribution in [0.4, 0.5) is 5.82 Å². The lowest BCUT2D eigenvalue weighted by atomic mass is 10.1. The molecule has 3 rings (SSSR count). The summed E-state index contributed by atoms with van der Waals surface area (Å²) in [5.41, 5.74) is 2.36. The van der Waals surface area contributed by atoms with E-state index in [0.29, 0.717) is 16.7 Å². The fourth-order valence-corrected chi connectivity index (χ4v) is 2.39. The standard InChI is InChI=1S/C17H16N4O2/c1-11-6-7-18-14(8-11)20-15(22)9-21-10-19-16-12(2)4-3-5-13(16)17(21)23/h3-8,10H,9H2,1-2H3,(H,18,20,22). The molecular formula is C17H16N4O2. The third-order valence-corrected chi connectivity index (χ3v) is 3.55. The van der Waals surface area contributed by atoms with Gasteiger partial charge in [-0.2, -0.15) is 0 Å². The van der Waals surface area contributed by atoms with E-state index in [1.54, 1.807) is 18.3 Å². The molecule has 3 aromatic rings. The normalized spacial score (nSPS) is 10.7. The number of pyridine rings is 1. The molecule has 6 nitrogen and oxygen atoms in total. The van der Waals surface area contributed by atoms with Gasteiger partial charge in [-0.25, -0.2) is 9.97 Å². The predicted octanol–water partition coefficient (Wildman–Crippen LogP) is 2.05. The SMILES string of the molecule is Cc1ccnc(NC(=O)Cn2cnc3c(C)cccc3c2=O)c1. The molecule has 1 amide bonds. The number of nitrogens with one attached hydrogen (secondary N) is 1. The third kappa shape index (κ3) is 3.11. The quantitative estimate of drug-likeness (QED) is 0.803. The maximum Gasteiger partial charge on any atom is 0.261 e. The number of benzene rings is 1. The first kappa shape index (κ1) is 14.9. The highest BCUT2D eigenvalue weighted by Crippen LogP contribution is 2.11. The largest absolute Gasteiger partial charge is 0.309 e. The van der Waals surface area contributed by atoms with Gasteiger partial charge in [-0.3, -0.25) is 14.2 Å². The average Bonchev–Trinajstić information content (AvgIpc) is 2.51. The maximum atomic E-state index is 12.5. The zero-order chi connectivity index (χ0) is 16.4. The minimum atomic E-state index is -0.320. The number of anilines is 1. The van der Waals surface area contributed by atoms with Gasteiger partial charge >= 0.3 is 0 Å². The summed E-state index contributed by atoms with van der Waals surface area (Å²) < 4.78 is 1.30. The van der Waals surface area contributed by atoms with E-state index in [1.807, 2.05) is 32.0 Å². The minimum Gasteiger partial charge on any atom is -0.309 e. The molecule has 0 aliphatic heterocycles. The Bertz CT molecular complexity index is 947. The van der Waals surface area contributed by atoms with Crippen LogP contribution in [0.2, 0.25) is 0 Å². The highest BCUT2D eigenvalue weighted by molar-refractivity contribution is 5.90. The summed E-state index contributed by atoms with van der Waals surface area (Å²) in [5, 5.41) is 3.19. The van der Waals surface area contributed by atoms with Crippen LogP contribution in [0.5, 0.6) is 0 Å². The van der Waals surface area contributed by atoms with Gasteiger partial charge in [0.15, 0.2) is 0 Å². The minimum absolute atomic E-state index is 0.106. The number of amides is 1. The molecule has 0 saturated heterocycles. The van der Waals surface area contributed by atoms with Crippen molar-refractivity contribution in [2.24, 2.45) is 0 Å². The summed E-state index contributed by atoms with van der Waals surface area (Å²) in [6, 6.07) is 9.03. The Morgan fingerprint density at radius 2 is 2.04 bits per heavy atom. The molecule has 2 heterocycles. The molecule has 0 bridgehead atoms. The zero-order valence-corrected chi connectivity index (χ0v) is 12.9. The molecule has 2 aromatic heterocycles. The molecule has 6 heteroatoms. The van der Waals surface area contributed by atoms with E-state index >= 15 is 0 Å². The maximum absolute atomic E-state index is 12.5. The molecule has 1 aromatic carbocycles. The fourth-order valence-electron chi connectivity index (χ4n) is 2.39. The molecule has 1 N–H and O–H groups in total. The lowest BCUT2D eigenvalue weighted by Crippen LogP contribution is -2.28. The van der Waals surface area contributed by atoms with E-state index in [2.05, 4.69) is 15.3 Å². The number of carbonyl (C=O) groups excluding carboxylic acids is 1. The summed E-state index contributed by atoms with van der Waals surface area (Å²) in [6.07, 6.45) is 3.03. The molecule has 0 spiro atoms. The number of aromatic nitrogens is 3. The van der Waals surface area contributed by atoms with Crippen LogP contribution in [0, 0.1) is 13.8 Å². The smallest absolute Gasteiger partial charge is 0.261 e. The zero-order valence-electron chi connectivity index (χ0n) is 12.9. The van der Waals surface area contributed by atoms with E-state index in [4.69, 9.17) is 0 Å². The molecule has 0 aliphatic carbocycles. The molecule has 0 aliphatic rings. The van der Waals surface area contributed by atoms with Crippen LogP contribution in [-0.4, -0.2) is 20.4 Å². The number of fused-ring (bicyclic) bond motifs is 1. The van der Waals surface area contributed by atoms with Crippen LogP contribution in [0.25, 0.3) is 10.9 Å². The van der Waals surface area contributed by atoms with E-state index in [-0.39, 0.29) is 18.0 Å². The Hall–Kier alpha value is -3.02. The number of para-hydroxylation sites is 1. The van der Waals surface area contributed by atoms with Gasteiger partial charge in [0.1, 0.15) is 12.4 Å². The Kier molecular flexibility index (Phi) is 3.89. The molecule has 0 radical (unpaired) electrons. The van der Waals surface area contributed by atoms with Gasteiger partial charge in [0.2, 0.25) is 5.91 Å². The number of rotatable bonds is 3. The second-order valence-corrected chi connectivity index (χ2v) is 5.42. The van der Waals surface area contributed by atoms with Gasteiger partial charge in [0.05, 0.1) is 17.2 Å². The van der Waals surface area contributed by atoms with Crippen LogP contribution >= 0.6 is 0 Å². The van der Waals surface area contributed by atoms with Gasteiger partial charge in [-0.1, -0.05) is 12.1 Å². The van der Waals surface area contributed by atoms with E-state index < -0.39 is 0 Å². The van der Waals surface area contributed by atoms with Crippen molar-refractivity contribution >= 4 is 22.6 Å². The number of hydrogen-bond acceptors (Lipinski definition) is 4. The number of carbonyl (C=O) groups is 1. The Morgan fingerprint density at radius 1 is 1.22 bits per heavy atom. The molecule has 0 unspecified atom stereocenters. The summed E-state index contributed by atoms with van der Waals surface area (Å²) in [5.74, 6) is 0.145. The van der Waals surface area contributed by atoms with Gasteiger partial charge in [0, 0.05) is 6.20 Å². The topological polar surface area (TPSA) is 76.9 Å². The molecule has 0 fully saturated rings. The summed E-state index contributed by atoms with van der Waals surface area (Å²) in [6.45, 7) is 3.71. The Morgan fingerprint density at radius 3 is 2.83 bits per heavy atom. The third-order valence-electron chi connectivity index (χ3n) is 3.55. The highest BCUT2D eigenvalue weighted by atomic mass is 16.2. The van der Waals surface area contributed by atoms with Crippen molar-refractivity contribution in [3.05, 3.63) is 64.3 Å². The van der Waals surface area contributed by atoms with Crippen molar-refractivity contribution in [1.82, 2.24) is 14.5 Å². The van der Waals surface area contributed by atoms with Gasteiger partial charge in [0.25, 0.3) is 5.56 Å². The monoisotopic (exact) mass is 308 g/mol. The summed E-state index contributed by atoms with van der Waals surface area (Å²) >= 11 is 0. The molecular weight excluding hydrogens is 292 g/mol. The van der Waals surface area contributed by atoms with Crippen LogP contribution in [0.15, 0.2) is 47.7 Å². The second kappa shape index (κ2) is 6.00. The first-order valence-corrected chi connectivity index (χ1v) is 7.22. The van der Waals surface area contributed by atoms with E-state index in [9.17, 15) is 9.59 Å². The van der Waals surface area contributed by atoms with Crippen molar-refractivity contribution in [1.29, 1.82) is 0 Å². The van der Waals surface area contributed by atoms with Gasteiger partial charge in [-0.05, 0) is 43.2 Å². The highest BCUT2D eigenvalue weighted by Gasteiger charge is 2.10. The first-order valence-electron chi connectivity index (χ1n) is 7.22. The number of hydrogen-bond donors (Lipinski definition) is 1. The van der Waals surface area contributed by atoms with Crippen LogP contribution < -0.4 is 10.9 Å². The van der Waals surface area contributed by atoms with E-state index in [0.717, 1.165) is 11.1 Å². The summed E-state index contributed by atoms with van der Waals surface area (Å²) in [7, 11) is 0. The average molecular weight is 308 g/mol. The molecule has 0 atom stereocenters. The lowest BCUT2D eigenvalue weighted by Gasteiger charge is -2.08. The van der Waals surface area contributed by atoms with Crippen molar-refractivity contribution in [3.8, 4) is 0 Å². The van der Waals surface area contributed by atoms with Crippen LogP contribution in [0.3, 0.4) is 0 Å². The van der Waals surface area contributed by atoms with Gasteiger partial charge < -0.3 is 5.32 Å². The molecule has 116 valence electrons. The van der Waals surface area contributed by atoms with Crippen molar-refractivity contribution < 1.29 is 4.79 Å². The number of nitrogens with zero attached hydrogens (tertiary/aromatic N) is 3. The Labute approximate surface area is 132 Å². The van der Waals surface area contributed by atoms with Crippen molar-refractivity contribution in [3.63, 3.8) is 0 Å². The van der Waals surface area contributed by atoms with Crippen molar-refractivity contribution in [2.75, 3.05) is 5.32 Å².